The Morgan fingerprint density at radius 2 is 1.64 bits per heavy atom. The standard InChI is InChI=1S/C29H24Cl2N4O4/c1-33-28(39)35(24-12-22(30)11-23(31)13-24)27(38)29(33)17-34(15-20-4-2-18(3-5-20)10-26(36)37)16-25(29)21-8-6-19(14-32)7-9-21/h2-9,11-13,25H,10,15-17H2,1H3,(H,36,37). The molecule has 3 aromatic carbocycles. The third-order valence-electron chi connectivity index (χ3n) is 7.46. The number of hydrogen-bond donors (Lipinski definition) is 1. The van der Waals surface area contributed by atoms with E-state index in [4.69, 9.17) is 28.3 Å². The van der Waals surface area contributed by atoms with Crippen molar-refractivity contribution in [2.24, 2.45) is 0 Å². The molecule has 0 bridgehead atoms. The summed E-state index contributed by atoms with van der Waals surface area (Å²) in [5.41, 5.74) is 2.10. The van der Waals surface area contributed by atoms with Crippen molar-refractivity contribution >= 4 is 46.8 Å². The Balaban J connectivity index is 1.52. The molecule has 1 spiro atoms. The number of urea groups is 1. The van der Waals surface area contributed by atoms with Crippen molar-refractivity contribution in [1.82, 2.24) is 9.80 Å². The highest BCUT2D eigenvalue weighted by Gasteiger charge is 2.64. The minimum atomic E-state index is -1.21. The molecule has 0 radical (unpaired) electrons. The van der Waals surface area contributed by atoms with Crippen LogP contribution in [0.5, 0.6) is 0 Å². The van der Waals surface area contributed by atoms with Gasteiger partial charge in [-0.3, -0.25) is 14.5 Å². The van der Waals surface area contributed by atoms with Crippen molar-refractivity contribution in [2.75, 3.05) is 25.0 Å². The number of likely N-dealkylation sites (tertiary alicyclic amines) is 1. The Morgan fingerprint density at radius 1 is 1.03 bits per heavy atom. The second-order valence-corrected chi connectivity index (χ2v) is 10.7. The summed E-state index contributed by atoms with van der Waals surface area (Å²) in [6, 6.07) is 20.7. The number of carbonyl (C=O) groups is 3. The molecule has 0 aliphatic carbocycles. The molecule has 2 aliphatic rings. The van der Waals surface area contributed by atoms with Gasteiger partial charge in [-0.15, -0.1) is 0 Å². The molecule has 8 nitrogen and oxygen atoms in total. The first kappa shape index (κ1) is 26.7. The van der Waals surface area contributed by atoms with Crippen LogP contribution >= 0.6 is 23.2 Å². The largest absolute Gasteiger partial charge is 0.481 e. The van der Waals surface area contributed by atoms with Gasteiger partial charge in [-0.2, -0.15) is 5.26 Å². The number of anilines is 1. The number of rotatable bonds is 6. The van der Waals surface area contributed by atoms with Gasteiger partial charge < -0.3 is 10.0 Å². The van der Waals surface area contributed by atoms with Crippen LogP contribution in [0.15, 0.2) is 66.7 Å². The van der Waals surface area contributed by atoms with Gasteiger partial charge in [0, 0.05) is 42.6 Å². The van der Waals surface area contributed by atoms with E-state index in [1.165, 1.54) is 23.1 Å². The van der Waals surface area contributed by atoms with Crippen LogP contribution in [-0.4, -0.2) is 58.5 Å². The maximum absolute atomic E-state index is 14.3. The number of imide groups is 1. The summed E-state index contributed by atoms with van der Waals surface area (Å²) >= 11 is 12.4. The quantitative estimate of drug-likeness (QED) is 0.427. The zero-order chi connectivity index (χ0) is 27.9. The fraction of sp³-hybridized carbons (Fsp3) is 0.241. The first-order chi connectivity index (χ1) is 18.6. The number of benzene rings is 3. The van der Waals surface area contributed by atoms with Crippen molar-refractivity contribution in [1.29, 1.82) is 5.26 Å². The summed E-state index contributed by atoms with van der Waals surface area (Å²) < 4.78 is 0. The van der Waals surface area contributed by atoms with Crippen LogP contribution in [-0.2, 0) is 22.6 Å². The predicted molar refractivity (Wildman–Crippen MR) is 147 cm³/mol. The van der Waals surface area contributed by atoms with Crippen LogP contribution in [0.25, 0.3) is 0 Å². The molecular formula is C29H24Cl2N4O4. The second-order valence-electron chi connectivity index (χ2n) is 9.88. The van der Waals surface area contributed by atoms with Gasteiger partial charge in [-0.05, 0) is 47.0 Å². The normalized spacial score (nSPS) is 21.1. The van der Waals surface area contributed by atoms with E-state index in [2.05, 4.69) is 11.0 Å². The topological polar surface area (TPSA) is 105 Å². The number of carboxylic acid groups (broad SMARTS) is 1. The van der Waals surface area contributed by atoms with E-state index in [0.29, 0.717) is 39.9 Å². The summed E-state index contributed by atoms with van der Waals surface area (Å²) in [7, 11) is 1.63. The number of halogens is 2. The van der Waals surface area contributed by atoms with Gasteiger partial charge in [0.2, 0.25) is 0 Å². The zero-order valence-electron chi connectivity index (χ0n) is 21.0. The van der Waals surface area contributed by atoms with Crippen molar-refractivity contribution in [3.63, 3.8) is 0 Å². The Kier molecular flexibility index (Phi) is 7.08. The highest BCUT2D eigenvalue weighted by molar-refractivity contribution is 6.35. The van der Waals surface area contributed by atoms with E-state index < -0.39 is 17.5 Å². The minimum absolute atomic E-state index is 0.0569. The Hall–Kier alpha value is -3.90. The van der Waals surface area contributed by atoms with Crippen LogP contribution in [0, 0.1) is 11.3 Å². The highest BCUT2D eigenvalue weighted by Crippen LogP contribution is 2.47. The van der Waals surface area contributed by atoms with Crippen molar-refractivity contribution in [2.45, 2.75) is 24.4 Å². The van der Waals surface area contributed by atoms with Gasteiger partial charge >= 0.3 is 12.0 Å². The molecule has 198 valence electrons. The molecule has 2 unspecified atom stereocenters. The number of likely N-dealkylation sites (N-methyl/N-ethyl adjacent to an activating group) is 1. The van der Waals surface area contributed by atoms with Crippen LogP contribution < -0.4 is 4.90 Å². The summed E-state index contributed by atoms with van der Waals surface area (Å²) in [6.07, 6.45) is -0.0569. The Bertz CT molecular complexity index is 1480. The second kappa shape index (κ2) is 10.3. The van der Waals surface area contributed by atoms with Gasteiger partial charge in [-0.25, -0.2) is 9.69 Å². The summed E-state index contributed by atoms with van der Waals surface area (Å²) in [4.78, 5) is 43.7. The molecule has 2 fully saturated rings. The van der Waals surface area contributed by atoms with Gasteiger partial charge in [-0.1, -0.05) is 59.6 Å². The van der Waals surface area contributed by atoms with Crippen molar-refractivity contribution in [3.05, 3.63) is 99.0 Å². The lowest BCUT2D eigenvalue weighted by Gasteiger charge is -2.34. The van der Waals surface area contributed by atoms with E-state index in [1.807, 2.05) is 24.3 Å². The molecule has 5 rings (SSSR count). The van der Waals surface area contributed by atoms with E-state index in [1.54, 1.807) is 31.3 Å². The van der Waals surface area contributed by atoms with E-state index in [-0.39, 0.29) is 24.8 Å². The predicted octanol–water partition coefficient (Wildman–Crippen LogP) is 4.93. The fourth-order valence-corrected chi connectivity index (χ4v) is 6.12. The van der Waals surface area contributed by atoms with Crippen LogP contribution in [0.4, 0.5) is 10.5 Å². The SMILES string of the molecule is CN1C(=O)N(c2cc(Cl)cc(Cl)c2)C(=O)C12CN(Cc1ccc(CC(=O)O)cc1)CC2c1ccc(C#N)cc1. The highest BCUT2D eigenvalue weighted by atomic mass is 35.5. The molecule has 1 N–H and O–H groups in total. The fourth-order valence-electron chi connectivity index (χ4n) is 5.61. The van der Waals surface area contributed by atoms with Crippen LogP contribution in [0.2, 0.25) is 10.0 Å². The number of carbonyl (C=O) groups excluding carboxylic acids is 2. The third kappa shape index (κ3) is 4.85. The molecule has 2 saturated heterocycles. The molecule has 10 heteroatoms. The zero-order valence-corrected chi connectivity index (χ0v) is 22.5. The Labute approximate surface area is 235 Å². The average Bonchev–Trinajstić information content (AvgIpc) is 3.36. The molecule has 3 amide bonds. The van der Waals surface area contributed by atoms with Gasteiger partial charge in [0.25, 0.3) is 5.91 Å². The average molecular weight is 563 g/mol. The van der Waals surface area contributed by atoms with Crippen LogP contribution in [0.3, 0.4) is 0 Å². The lowest BCUT2D eigenvalue weighted by molar-refractivity contribution is -0.136. The van der Waals surface area contributed by atoms with Gasteiger partial charge in [0.05, 0.1) is 23.7 Å². The maximum atomic E-state index is 14.3. The van der Waals surface area contributed by atoms with Gasteiger partial charge in [0.15, 0.2) is 0 Å². The smallest absolute Gasteiger partial charge is 0.332 e. The summed E-state index contributed by atoms with van der Waals surface area (Å²) in [6.45, 7) is 1.26. The molecule has 0 saturated carbocycles. The number of amides is 3. The molecule has 39 heavy (non-hydrogen) atoms. The lowest BCUT2D eigenvalue weighted by atomic mass is 9.80. The molecule has 2 aliphatic heterocycles. The third-order valence-corrected chi connectivity index (χ3v) is 7.90. The summed E-state index contributed by atoms with van der Waals surface area (Å²) in [5, 5.41) is 18.9. The van der Waals surface area contributed by atoms with Crippen molar-refractivity contribution in [3.8, 4) is 6.07 Å². The molecular weight excluding hydrogens is 539 g/mol. The van der Waals surface area contributed by atoms with Crippen molar-refractivity contribution < 1.29 is 19.5 Å². The number of nitrogens with zero attached hydrogens (tertiary/aromatic N) is 4. The van der Waals surface area contributed by atoms with Crippen LogP contribution in [0.1, 0.15) is 28.2 Å². The number of aliphatic carboxylic acids is 1. The number of hydrogen-bond acceptors (Lipinski definition) is 5. The summed E-state index contributed by atoms with van der Waals surface area (Å²) in [5.74, 6) is -1.65. The first-order valence-corrected chi connectivity index (χ1v) is 13.0. The molecule has 0 aromatic heterocycles. The monoisotopic (exact) mass is 562 g/mol. The van der Waals surface area contributed by atoms with E-state index >= 15 is 0 Å². The minimum Gasteiger partial charge on any atom is -0.481 e. The number of nitriles is 1. The van der Waals surface area contributed by atoms with Gasteiger partial charge in [0.1, 0.15) is 5.54 Å². The number of carboxylic acids is 1. The molecule has 2 heterocycles. The molecule has 3 aromatic rings. The Morgan fingerprint density at radius 3 is 2.23 bits per heavy atom. The van der Waals surface area contributed by atoms with E-state index in [9.17, 15) is 19.6 Å². The maximum Gasteiger partial charge on any atom is 0.332 e. The lowest BCUT2D eigenvalue weighted by Crippen LogP contribution is -2.53. The molecule has 2 atom stereocenters. The van der Waals surface area contributed by atoms with E-state index in [0.717, 1.165) is 16.0 Å². The first-order valence-electron chi connectivity index (χ1n) is 12.2.